The smallest absolute Gasteiger partial charge is 0.273 e. The number of rotatable bonds is 6. The first kappa shape index (κ1) is 15.6. The third-order valence-electron chi connectivity index (χ3n) is 3.20. The summed E-state index contributed by atoms with van der Waals surface area (Å²) in [6.45, 7) is 7.71. The van der Waals surface area contributed by atoms with Gasteiger partial charge in [0, 0.05) is 35.9 Å². The van der Waals surface area contributed by atoms with Crippen LogP contribution in [-0.4, -0.2) is 33.9 Å². The molecule has 21 heavy (non-hydrogen) atoms. The van der Waals surface area contributed by atoms with Crippen LogP contribution < -0.4 is 0 Å². The monoisotopic (exact) mass is 303 g/mol. The highest BCUT2D eigenvalue weighted by Gasteiger charge is 2.21. The van der Waals surface area contributed by atoms with Crippen LogP contribution in [0.4, 0.5) is 0 Å². The lowest BCUT2D eigenvalue weighted by Gasteiger charge is -2.20. The highest BCUT2D eigenvalue weighted by atomic mass is 32.1. The zero-order chi connectivity index (χ0) is 15.2. The van der Waals surface area contributed by atoms with E-state index in [1.54, 1.807) is 23.7 Å². The summed E-state index contributed by atoms with van der Waals surface area (Å²) >= 11 is 1.56. The predicted octanol–water partition coefficient (Wildman–Crippen LogP) is 3.78. The quantitative estimate of drug-likeness (QED) is 0.816. The third kappa shape index (κ3) is 3.67. The van der Waals surface area contributed by atoms with Crippen LogP contribution in [0.3, 0.4) is 0 Å². The van der Waals surface area contributed by atoms with Gasteiger partial charge in [-0.15, -0.1) is 11.3 Å². The maximum Gasteiger partial charge on any atom is 0.273 e. The Bertz CT molecular complexity index is 589. The molecule has 2 heterocycles. The molecule has 2 aromatic rings. The standard InChI is InChI=1S/C16H21N3OS/c1-4-10-19(11-5-2)16(20)14-12(3)21-15(18-14)13-6-8-17-9-7-13/h6-9H,4-5,10-11H2,1-3H3. The van der Waals surface area contributed by atoms with Crippen LogP contribution in [0.15, 0.2) is 24.5 Å². The Kier molecular flexibility index (Phi) is 5.44. The van der Waals surface area contributed by atoms with Gasteiger partial charge in [-0.2, -0.15) is 0 Å². The summed E-state index contributed by atoms with van der Waals surface area (Å²) in [5.41, 5.74) is 1.60. The number of pyridine rings is 1. The topological polar surface area (TPSA) is 46.1 Å². The minimum absolute atomic E-state index is 0.0488. The lowest BCUT2D eigenvalue weighted by molar-refractivity contribution is 0.0750. The molecule has 0 unspecified atom stereocenters. The maximum absolute atomic E-state index is 12.6. The van der Waals surface area contributed by atoms with Crippen molar-refractivity contribution in [2.75, 3.05) is 13.1 Å². The summed E-state index contributed by atoms with van der Waals surface area (Å²) in [5, 5.41) is 0.881. The van der Waals surface area contributed by atoms with E-state index in [0.717, 1.165) is 41.4 Å². The van der Waals surface area contributed by atoms with Gasteiger partial charge in [-0.05, 0) is 31.9 Å². The van der Waals surface area contributed by atoms with Crippen molar-refractivity contribution in [3.8, 4) is 10.6 Å². The van der Waals surface area contributed by atoms with E-state index in [4.69, 9.17) is 0 Å². The van der Waals surface area contributed by atoms with E-state index in [1.807, 2.05) is 24.0 Å². The molecule has 5 heteroatoms. The number of amides is 1. The largest absolute Gasteiger partial charge is 0.337 e. The van der Waals surface area contributed by atoms with Crippen molar-refractivity contribution in [1.29, 1.82) is 0 Å². The second-order valence-corrected chi connectivity index (χ2v) is 6.16. The third-order valence-corrected chi connectivity index (χ3v) is 4.22. The lowest BCUT2D eigenvalue weighted by Crippen LogP contribution is -2.33. The van der Waals surface area contributed by atoms with Crippen LogP contribution in [0.5, 0.6) is 0 Å². The summed E-state index contributed by atoms with van der Waals surface area (Å²) < 4.78 is 0. The summed E-state index contributed by atoms with van der Waals surface area (Å²) in [5.74, 6) is 0.0488. The van der Waals surface area contributed by atoms with Crippen molar-refractivity contribution in [2.45, 2.75) is 33.6 Å². The summed E-state index contributed by atoms with van der Waals surface area (Å²) in [6, 6.07) is 3.84. The maximum atomic E-state index is 12.6. The van der Waals surface area contributed by atoms with Crippen LogP contribution in [0.2, 0.25) is 0 Å². The van der Waals surface area contributed by atoms with E-state index in [0.29, 0.717) is 5.69 Å². The molecule has 0 bridgehead atoms. The molecule has 0 saturated carbocycles. The molecular formula is C16H21N3OS. The highest BCUT2D eigenvalue weighted by molar-refractivity contribution is 7.15. The SMILES string of the molecule is CCCN(CCC)C(=O)c1nc(-c2ccncc2)sc1C. The fraction of sp³-hybridized carbons (Fsp3) is 0.438. The minimum atomic E-state index is 0.0488. The van der Waals surface area contributed by atoms with E-state index in [9.17, 15) is 4.79 Å². The van der Waals surface area contributed by atoms with E-state index < -0.39 is 0 Å². The first-order valence-corrected chi connectivity index (χ1v) is 8.16. The molecule has 2 aromatic heterocycles. The molecule has 2 rings (SSSR count). The number of aromatic nitrogens is 2. The molecule has 0 atom stereocenters. The predicted molar refractivity (Wildman–Crippen MR) is 86.6 cm³/mol. The molecule has 0 saturated heterocycles. The first-order chi connectivity index (χ1) is 10.2. The molecule has 112 valence electrons. The van der Waals surface area contributed by atoms with E-state index >= 15 is 0 Å². The number of carbonyl (C=O) groups excluding carboxylic acids is 1. The van der Waals surface area contributed by atoms with Crippen molar-refractivity contribution in [3.05, 3.63) is 35.1 Å². The average molecular weight is 303 g/mol. The number of hydrogen-bond acceptors (Lipinski definition) is 4. The Morgan fingerprint density at radius 3 is 2.38 bits per heavy atom. The fourth-order valence-electron chi connectivity index (χ4n) is 2.22. The van der Waals surface area contributed by atoms with Crippen molar-refractivity contribution < 1.29 is 4.79 Å². The van der Waals surface area contributed by atoms with Gasteiger partial charge in [-0.3, -0.25) is 9.78 Å². The second-order valence-electron chi connectivity index (χ2n) is 4.95. The number of hydrogen-bond donors (Lipinski definition) is 0. The van der Waals surface area contributed by atoms with Gasteiger partial charge in [0.15, 0.2) is 0 Å². The van der Waals surface area contributed by atoms with Gasteiger partial charge in [0.05, 0.1) is 0 Å². The Hall–Kier alpha value is -1.75. The summed E-state index contributed by atoms with van der Waals surface area (Å²) in [7, 11) is 0. The molecule has 0 aliphatic heterocycles. The fourth-order valence-corrected chi connectivity index (χ4v) is 3.13. The van der Waals surface area contributed by atoms with Crippen LogP contribution in [0.25, 0.3) is 10.6 Å². The van der Waals surface area contributed by atoms with Gasteiger partial charge in [-0.1, -0.05) is 13.8 Å². The molecule has 0 spiro atoms. The van der Waals surface area contributed by atoms with Crippen LogP contribution >= 0.6 is 11.3 Å². The zero-order valence-electron chi connectivity index (χ0n) is 12.8. The van der Waals surface area contributed by atoms with Gasteiger partial charge in [0.2, 0.25) is 0 Å². The number of thiazole rings is 1. The van der Waals surface area contributed by atoms with Gasteiger partial charge in [-0.25, -0.2) is 4.98 Å². The van der Waals surface area contributed by atoms with E-state index in [2.05, 4.69) is 23.8 Å². The van der Waals surface area contributed by atoms with Crippen molar-refractivity contribution in [3.63, 3.8) is 0 Å². The molecule has 0 aliphatic rings. The molecule has 4 nitrogen and oxygen atoms in total. The van der Waals surface area contributed by atoms with Crippen molar-refractivity contribution in [1.82, 2.24) is 14.9 Å². The first-order valence-electron chi connectivity index (χ1n) is 7.34. The Balaban J connectivity index is 2.28. The van der Waals surface area contributed by atoms with E-state index in [-0.39, 0.29) is 5.91 Å². The van der Waals surface area contributed by atoms with E-state index in [1.165, 1.54) is 0 Å². The Morgan fingerprint density at radius 1 is 1.19 bits per heavy atom. The highest BCUT2D eigenvalue weighted by Crippen LogP contribution is 2.27. The van der Waals surface area contributed by atoms with Gasteiger partial charge >= 0.3 is 0 Å². The second kappa shape index (κ2) is 7.31. The number of carbonyl (C=O) groups is 1. The van der Waals surface area contributed by atoms with Crippen LogP contribution in [0, 0.1) is 6.92 Å². The number of aryl methyl sites for hydroxylation is 1. The van der Waals surface area contributed by atoms with Crippen LogP contribution in [0.1, 0.15) is 42.1 Å². The Labute approximate surface area is 129 Å². The lowest BCUT2D eigenvalue weighted by atomic mass is 10.2. The summed E-state index contributed by atoms with van der Waals surface area (Å²) in [6.07, 6.45) is 5.42. The molecular weight excluding hydrogens is 282 g/mol. The van der Waals surface area contributed by atoms with Crippen molar-refractivity contribution >= 4 is 17.2 Å². The average Bonchev–Trinajstić information content (AvgIpc) is 2.89. The zero-order valence-corrected chi connectivity index (χ0v) is 13.6. The molecule has 0 aliphatic carbocycles. The van der Waals surface area contributed by atoms with Gasteiger partial charge in [0.1, 0.15) is 10.7 Å². The van der Waals surface area contributed by atoms with Gasteiger partial charge in [0.25, 0.3) is 5.91 Å². The number of nitrogens with zero attached hydrogens (tertiary/aromatic N) is 3. The summed E-state index contributed by atoms with van der Waals surface area (Å²) in [4.78, 5) is 24.1. The Morgan fingerprint density at radius 2 is 1.81 bits per heavy atom. The van der Waals surface area contributed by atoms with Crippen molar-refractivity contribution in [2.24, 2.45) is 0 Å². The molecule has 0 radical (unpaired) electrons. The molecule has 0 aromatic carbocycles. The molecule has 0 N–H and O–H groups in total. The normalized spacial score (nSPS) is 10.6. The molecule has 1 amide bonds. The minimum Gasteiger partial charge on any atom is -0.337 e. The van der Waals surface area contributed by atoms with Crippen LogP contribution in [-0.2, 0) is 0 Å². The molecule has 0 fully saturated rings. The van der Waals surface area contributed by atoms with Gasteiger partial charge < -0.3 is 4.90 Å².